The van der Waals surface area contributed by atoms with Gasteiger partial charge in [-0.1, -0.05) is 0 Å². The van der Waals surface area contributed by atoms with Gasteiger partial charge in [0.05, 0.1) is 5.92 Å². The summed E-state index contributed by atoms with van der Waals surface area (Å²) in [7, 11) is 2.20. The van der Waals surface area contributed by atoms with E-state index in [2.05, 4.69) is 11.9 Å². The van der Waals surface area contributed by atoms with Crippen LogP contribution in [0.5, 0.6) is 0 Å². The van der Waals surface area contributed by atoms with Crippen molar-refractivity contribution in [2.75, 3.05) is 7.05 Å². The molecule has 2 aliphatic heterocycles. The number of carbonyl (C=O) groups excluding carboxylic acids is 1. The molecular formula is C15H21NO2S. The van der Waals surface area contributed by atoms with Crippen molar-refractivity contribution in [3.05, 3.63) is 22.4 Å². The average Bonchev–Trinajstić information content (AvgIpc) is 2.97. The Morgan fingerprint density at radius 3 is 2.68 bits per heavy atom. The topological polar surface area (TPSA) is 29.5 Å². The van der Waals surface area contributed by atoms with Gasteiger partial charge in [0.15, 0.2) is 0 Å². The number of carbonyl (C=O) groups is 1. The monoisotopic (exact) mass is 279 g/mol. The molecule has 0 amide bonds. The normalized spacial score (nSPS) is 32.2. The number of fused-ring (bicyclic) bond motifs is 2. The van der Waals surface area contributed by atoms with Crippen molar-refractivity contribution in [1.29, 1.82) is 0 Å². The molecule has 4 heteroatoms. The van der Waals surface area contributed by atoms with Gasteiger partial charge in [0, 0.05) is 12.1 Å². The highest BCUT2D eigenvalue weighted by Crippen LogP contribution is 2.36. The molecule has 2 bridgehead atoms. The minimum Gasteiger partial charge on any atom is -0.462 e. The number of thiophene rings is 1. The molecule has 0 aliphatic carbocycles. The number of hydrogen-bond donors (Lipinski definition) is 0. The van der Waals surface area contributed by atoms with Crippen LogP contribution in [0.15, 0.2) is 16.8 Å². The van der Waals surface area contributed by atoms with Crippen molar-refractivity contribution >= 4 is 17.3 Å². The van der Waals surface area contributed by atoms with Gasteiger partial charge in [0.2, 0.25) is 0 Å². The minimum absolute atomic E-state index is 0.0626. The number of hydrogen-bond acceptors (Lipinski definition) is 4. The quantitative estimate of drug-likeness (QED) is 0.797. The Morgan fingerprint density at radius 2 is 2.11 bits per heavy atom. The van der Waals surface area contributed by atoms with Crippen molar-refractivity contribution < 1.29 is 9.53 Å². The van der Waals surface area contributed by atoms with Crippen molar-refractivity contribution in [1.82, 2.24) is 4.90 Å². The van der Waals surface area contributed by atoms with Crippen molar-refractivity contribution in [3.63, 3.8) is 0 Å². The average molecular weight is 279 g/mol. The maximum Gasteiger partial charge on any atom is 0.313 e. The first-order chi connectivity index (χ1) is 9.15. The van der Waals surface area contributed by atoms with Crippen LogP contribution in [0.2, 0.25) is 0 Å². The van der Waals surface area contributed by atoms with Gasteiger partial charge in [-0.15, -0.1) is 0 Å². The molecule has 3 unspecified atom stereocenters. The standard InChI is InChI=1S/C15H21NO2S/c1-10(11-5-6-19-9-11)15(17)18-14-7-12-3-4-13(8-14)16(12)2/h5-6,9-10,12-14H,3-4,7-8H2,1-2H3. The van der Waals surface area contributed by atoms with Crippen LogP contribution in [0.25, 0.3) is 0 Å². The van der Waals surface area contributed by atoms with Crippen LogP contribution in [0.1, 0.15) is 44.1 Å². The van der Waals surface area contributed by atoms with Gasteiger partial charge in [-0.3, -0.25) is 4.79 Å². The molecule has 0 spiro atoms. The summed E-state index contributed by atoms with van der Waals surface area (Å²) in [5, 5.41) is 4.04. The number of esters is 1. The fourth-order valence-corrected chi connectivity index (χ4v) is 4.14. The van der Waals surface area contributed by atoms with Gasteiger partial charge in [0.25, 0.3) is 0 Å². The molecule has 2 aliphatic rings. The van der Waals surface area contributed by atoms with Crippen LogP contribution in [0, 0.1) is 0 Å². The van der Waals surface area contributed by atoms with Crippen LogP contribution < -0.4 is 0 Å². The zero-order valence-electron chi connectivity index (χ0n) is 11.5. The van der Waals surface area contributed by atoms with Crippen LogP contribution in [0.3, 0.4) is 0 Å². The highest BCUT2D eigenvalue weighted by molar-refractivity contribution is 7.08. The highest BCUT2D eigenvalue weighted by Gasteiger charge is 2.40. The Labute approximate surface area is 118 Å². The summed E-state index contributed by atoms with van der Waals surface area (Å²) in [6.45, 7) is 1.94. The predicted molar refractivity (Wildman–Crippen MR) is 76.4 cm³/mol. The molecule has 0 aromatic carbocycles. The number of ether oxygens (including phenoxy) is 1. The van der Waals surface area contributed by atoms with E-state index in [9.17, 15) is 4.79 Å². The first-order valence-electron chi connectivity index (χ1n) is 7.09. The molecule has 19 heavy (non-hydrogen) atoms. The molecule has 3 rings (SSSR count). The number of nitrogens with zero attached hydrogens (tertiary/aromatic N) is 1. The maximum absolute atomic E-state index is 12.2. The summed E-state index contributed by atoms with van der Waals surface area (Å²) in [4.78, 5) is 14.7. The molecule has 1 aromatic heterocycles. The second-order valence-corrected chi connectivity index (χ2v) is 6.64. The Kier molecular flexibility index (Phi) is 3.63. The third kappa shape index (κ3) is 2.56. The van der Waals surface area contributed by atoms with Crippen molar-refractivity contribution in [2.45, 2.75) is 56.7 Å². The predicted octanol–water partition coefficient (Wildman–Crippen LogP) is 3.02. The number of piperidine rings is 1. The lowest BCUT2D eigenvalue weighted by molar-refractivity contribution is -0.153. The summed E-state index contributed by atoms with van der Waals surface area (Å²) in [6.07, 6.45) is 4.66. The van der Waals surface area contributed by atoms with E-state index in [1.54, 1.807) is 11.3 Å². The Balaban J connectivity index is 1.59. The summed E-state index contributed by atoms with van der Waals surface area (Å²) >= 11 is 1.63. The van der Waals surface area contributed by atoms with Crippen LogP contribution >= 0.6 is 11.3 Å². The van der Waals surface area contributed by atoms with Gasteiger partial charge in [-0.2, -0.15) is 11.3 Å². The molecule has 1 aromatic rings. The van der Waals surface area contributed by atoms with Gasteiger partial charge >= 0.3 is 5.97 Å². The van der Waals surface area contributed by atoms with Crippen LogP contribution in [-0.2, 0) is 9.53 Å². The third-order valence-corrected chi connectivity index (χ3v) is 5.44. The van der Waals surface area contributed by atoms with E-state index < -0.39 is 0 Å². The van der Waals surface area contributed by atoms with Gasteiger partial charge in [0.1, 0.15) is 6.10 Å². The first-order valence-corrected chi connectivity index (χ1v) is 8.04. The summed E-state index contributed by atoms with van der Waals surface area (Å²) in [5.41, 5.74) is 1.07. The van der Waals surface area contributed by atoms with Gasteiger partial charge in [-0.05, 0) is 62.0 Å². The molecule has 104 valence electrons. The second-order valence-electron chi connectivity index (χ2n) is 5.86. The third-order valence-electron chi connectivity index (χ3n) is 4.73. The molecule has 0 N–H and O–H groups in total. The molecule has 0 radical (unpaired) electrons. The van der Waals surface area contributed by atoms with E-state index in [0.717, 1.165) is 18.4 Å². The lowest BCUT2D eigenvalue weighted by Gasteiger charge is -2.36. The Morgan fingerprint density at radius 1 is 1.42 bits per heavy atom. The van der Waals surface area contributed by atoms with Crippen LogP contribution in [0.4, 0.5) is 0 Å². The van der Waals surface area contributed by atoms with E-state index in [1.807, 2.05) is 23.8 Å². The first kappa shape index (κ1) is 13.1. The molecule has 2 fully saturated rings. The fourth-order valence-electron chi connectivity index (χ4n) is 3.38. The van der Waals surface area contributed by atoms with Gasteiger partial charge in [-0.25, -0.2) is 0 Å². The minimum atomic E-state index is -0.136. The zero-order chi connectivity index (χ0) is 13.4. The lowest BCUT2D eigenvalue weighted by Crippen LogP contribution is -2.43. The molecule has 3 heterocycles. The van der Waals surface area contributed by atoms with E-state index in [-0.39, 0.29) is 18.0 Å². The zero-order valence-corrected chi connectivity index (χ0v) is 12.4. The molecule has 3 atom stereocenters. The van der Waals surface area contributed by atoms with Gasteiger partial charge < -0.3 is 9.64 Å². The van der Waals surface area contributed by atoms with E-state index >= 15 is 0 Å². The van der Waals surface area contributed by atoms with Crippen molar-refractivity contribution in [2.24, 2.45) is 0 Å². The van der Waals surface area contributed by atoms with Crippen molar-refractivity contribution in [3.8, 4) is 0 Å². The van der Waals surface area contributed by atoms with Crippen LogP contribution in [-0.4, -0.2) is 36.1 Å². The maximum atomic E-state index is 12.2. The Bertz CT molecular complexity index is 431. The fraction of sp³-hybridized carbons (Fsp3) is 0.667. The molecule has 2 saturated heterocycles. The van der Waals surface area contributed by atoms with E-state index in [1.165, 1.54) is 12.8 Å². The lowest BCUT2D eigenvalue weighted by atomic mass is 10.00. The molecule has 0 saturated carbocycles. The second kappa shape index (κ2) is 5.25. The summed E-state index contributed by atoms with van der Waals surface area (Å²) in [6, 6.07) is 3.25. The smallest absolute Gasteiger partial charge is 0.313 e. The molecular weight excluding hydrogens is 258 g/mol. The number of rotatable bonds is 3. The summed E-state index contributed by atoms with van der Waals surface area (Å²) in [5.74, 6) is -0.198. The largest absolute Gasteiger partial charge is 0.462 e. The Hall–Kier alpha value is -0.870. The summed E-state index contributed by atoms with van der Waals surface area (Å²) < 4.78 is 5.75. The van der Waals surface area contributed by atoms with E-state index in [0.29, 0.717) is 12.1 Å². The molecule has 3 nitrogen and oxygen atoms in total. The van der Waals surface area contributed by atoms with E-state index in [4.69, 9.17) is 4.74 Å². The SMILES string of the molecule is CC(C(=O)OC1CC2CCC(C1)N2C)c1ccsc1. The highest BCUT2D eigenvalue weighted by atomic mass is 32.1.